The van der Waals surface area contributed by atoms with E-state index in [-0.39, 0.29) is 12.5 Å². The maximum absolute atomic E-state index is 12.7. The van der Waals surface area contributed by atoms with Gasteiger partial charge in [0.15, 0.2) is 5.76 Å². The average Bonchev–Trinajstić information content (AvgIpc) is 3.16. The van der Waals surface area contributed by atoms with Gasteiger partial charge in [0.05, 0.1) is 5.56 Å². The summed E-state index contributed by atoms with van der Waals surface area (Å²) in [7, 11) is 0. The summed E-state index contributed by atoms with van der Waals surface area (Å²) in [6.07, 6.45) is 2.10. The Morgan fingerprint density at radius 2 is 1.92 bits per heavy atom. The molecule has 26 heavy (non-hydrogen) atoms. The second kappa shape index (κ2) is 9.67. The number of rotatable bonds is 9. The quantitative estimate of drug-likeness (QED) is 0.658. The molecule has 0 spiro atoms. The van der Waals surface area contributed by atoms with E-state index < -0.39 is 0 Å². The Labute approximate surface area is 155 Å². The van der Waals surface area contributed by atoms with Crippen LogP contribution in [0.15, 0.2) is 40.8 Å². The lowest BCUT2D eigenvalue weighted by atomic mass is 10.0. The molecule has 1 aromatic heterocycles. The summed E-state index contributed by atoms with van der Waals surface area (Å²) in [6, 6.07) is 12.6. The maximum atomic E-state index is 12.7. The molecule has 0 bridgehead atoms. The number of nitrogens with zero attached hydrogens (tertiary/aromatic N) is 2. The summed E-state index contributed by atoms with van der Waals surface area (Å²) in [5.74, 6) is 1.79. The van der Waals surface area contributed by atoms with E-state index in [1.807, 2.05) is 17.9 Å². The lowest BCUT2D eigenvalue weighted by molar-refractivity contribution is 0.0698. The van der Waals surface area contributed by atoms with Crippen LogP contribution in [0.3, 0.4) is 0 Å². The minimum Gasteiger partial charge on any atom is -0.484 e. The van der Waals surface area contributed by atoms with Gasteiger partial charge in [-0.05, 0) is 37.1 Å². The summed E-state index contributed by atoms with van der Waals surface area (Å²) in [4.78, 5) is 14.5. The zero-order valence-electron chi connectivity index (χ0n) is 15.7. The molecule has 1 amide bonds. The van der Waals surface area contributed by atoms with Crippen molar-refractivity contribution in [3.8, 4) is 11.8 Å². The van der Waals surface area contributed by atoms with Gasteiger partial charge in [-0.1, -0.05) is 38.8 Å². The molecule has 1 heterocycles. The summed E-state index contributed by atoms with van der Waals surface area (Å²) >= 11 is 0. The lowest BCUT2D eigenvalue weighted by Gasteiger charge is -2.24. The Bertz CT molecular complexity index is 757. The van der Waals surface area contributed by atoms with Crippen molar-refractivity contribution in [1.82, 2.24) is 4.90 Å². The van der Waals surface area contributed by atoms with Crippen molar-refractivity contribution in [1.29, 1.82) is 5.26 Å². The molecule has 0 aliphatic carbocycles. The van der Waals surface area contributed by atoms with Gasteiger partial charge in [-0.2, -0.15) is 5.26 Å². The van der Waals surface area contributed by atoms with Crippen LogP contribution >= 0.6 is 0 Å². The van der Waals surface area contributed by atoms with Crippen molar-refractivity contribution >= 4 is 5.91 Å². The van der Waals surface area contributed by atoms with Gasteiger partial charge in [-0.15, -0.1) is 0 Å². The van der Waals surface area contributed by atoms with E-state index in [0.717, 1.165) is 19.4 Å². The largest absolute Gasteiger partial charge is 0.484 e. The van der Waals surface area contributed by atoms with Crippen LogP contribution in [0.2, 0.25) is 0 Å². The Kier molecular flexibility index (Phi) is 7.28. The predicted molar refractivity (Wildman–Crippen MR) is 99.8 cm³/mol. The number of para-hydroxylation sites is 1. The molecule has 2 rings (SSSR count). The highest BCUT2D eigenvalue weighted by Gasteiger charge is 2.20. The maximum Gasteiger partial charge on any atom is 0.289 e. The first-order chi connectivity index (χ1) is 12.6. The molecule has 0 radical (unpaired) electrons. The molecule has 138 valence electrons. The number of carbonyl (C=O) groups excluding carboxylic acids is 1. The number of furan rings is 1. The third kappa shape index (κ3) is 4.89. The molecular weight excluding hydrogens is 328 g/mol. The van der Waals surface area contributed by atoms with Crippen LogP contribution in [-0.4, -0.2) is 23.9 Å². The summed E-state index contributed by atoms with van der Waals surface area (Å²) in [6.45, 7) is 7.83. The van der Waals surface area contributed by atoms with Crippen molar-refractivity contribution in [3.63, 3.8) is 0 Å². The van der Waals surface area contributed by atoms with E-state index >= 15 is 0 Å². The van der Waals surface area contributed by atoms with Crippen molar-refractivity contribution < 1.29 is 13.9 Å². The SMILES string of the molecule is CCC(CC)CN(CC)C(=O)c1ccc(COc2ccccc2C#N)o1. The second-order valence-corrected chi connectivity index (χ2v) is 6.19. The molecule has 2 aromatic rings. The highest BCUT2D eigenvalue weighted by atomic mass is 16.5. The number of amides is 1. The molecule has 0 saturated carbocycles. The molecule has 0 aliphatic heterocycles. The molecule has 0 aliphatic rings. The normalized spacial score (nSPS) is 10.6. The predicted octanol–water partition coefficient (Wildman–Crippen LogP) is 4.63. The van der Waals surface area contributed by atoms with Crippen LogP contribution in [-0.2, 0) is 6.61 Å². The molecule has 5 nitrogen and oxygen atoms in total. The fraction of sp³-hybridized carbons (Fsp3) is 0.429. The number of ether oxygens (including phenoxy) is 1. The standard InChI is InChI=1S/C21H26N2O3/c1-4-16(5-2)14-23(6-3)21(24)20-12-11-18(26-20)15-25-19-10-8-7-9-17(19)13-22/h7-12,16H,4-6,14-15H2,1-3H3. The second-order valence-electron chi connectivity index (χ2n) is 6.19. The highest BCUT2D eigenvalue weighted by molar-refractivity contribution is 5.91. The minimum absolute atomic E-state index is 0.0944. The smallest absolute Gasteiger partial charge is 0.289 e. The van der Waals surface area contributed by atoms with Crippen LogP contribution in [0.4, 0.5) is 0 Å². The Hall–Kier alpha value is -2.74. The first-order valence-electron chi connectivity index (χ1n) is 9.12. The van der Waals surface area contributed by atoms with Gasteiger partial charge < -0.3 is 14.1 Å². The number of carbonyl (C=O) groups is 1. The van der Waals surface area contributed by atoms with Crippen LogP contribution in [0.25, 0.3) is 0 Å². The molecule has 0 atom stereocenters. The van der Waals surface area contributed by atoms with Gasteiger partial charge in [0, 0.05) is 13.1 Å². The average molecular weight is 354 g/mol. The minimum atomic E-state index is -0.0944. The van der Waals surface area contributed by atoms with Crippen molar-refractivity contribution in [2.75, 3.05) is 13.1 Å². The third-order valence-electron chi connectivity index (χ3n) is 4.55. The summed E-state index contributed by atoms with van der Waals surface area (Å²) in [5, 5.41) is 9.09. The van der Waals surface area contributed by atoms with E-state index in [2.05, 4.69) is 19.9 Å². The van der Waals surface area contributed by atoms with E-state index in [9.17, 15) is 4.79 Å². The molecule has 0 unspecified atom stereocenters. The van der Waals surface area contributed by atoms with Crippen LogP contribution in [0, 0.1) is 17.2 Å². The molecule has 0 saturated heterocycles. The highest BCUT2D eigenvalue weighted by Crippen LogP contribution is 2.20. The van der Waals surface area contributed by atoms with Crippen molar-refractivity contribution in [2.24, 2.45) is 5.92 Å². The van der Waals surface area contributed by atoms with E-state index in [4.69, 9.17) is 14.4 Å². The number of hydrogen-bond acceptors (Lipinski definition) is 4. The number of benzene rings is 1. The summed E-state index contributed by atoms with van der Waals surface area (Å²) < 4.78 is 11.3. The lowest BCUT2D eigenvalue weighted by Crippen LogP contribution is -2.34. The molecular formula is C21H26N2O3. The topological polar surface area (TPSA) is 66.5 Å². The molecule has 0 N–H and O–H groups in total. The van der Waals surface area contributed by atoms with Gasteiger partial charge in [0.1, 0.15) is 24.2 Å². The zero-order valence-corrected chi connectivity index (χ0v) is 15.7. The number of nitriles is 1. The Morgan fingerprint density at radius 1 is 1.19 bits per heavy atom. The van der Waals surface area contributed by atoms with Gasteiger partial charge in [0.25, 0.3) is 5.91 Å². The van der Waals surface area contributed by atoms with E-state index in [1.165, 1.54) is 0 Å². The van der Waals surface area contributed by atoms with Gasteiger partial charge in [0.2, 0.25) is 0 Å². The fourth-order valence-electron chi connectivity index (χ4n) is 2.77. The van der Waals surface area contributed by atoms with Gasteiger partial charge in [-0.25, -0.2) is 0 Å². The van der Waals surface area contributed by atoms with Crippen molar-refractivity contribution in [3.05, 3.63) is 53.5 Å². The Morgan fingerprint density at radius 3 is 2.58 bits per heavy atom. The third-order valence-corrected chi connectivity index (χ3v) is 4.55. The van der Waals surface area contributed by atoms with Crippen LogP contribution in [0.1, 0.15) is 55.5 Å². The Balaban J connectivity index is 2.01. The van der Waals surface area contributed by atoms with E-state index in [1.54, 1.807) is 30.3 Å². The fourth-order valence-corrected chi connectivity index (χ4v) is 2.77. The number of hydrogen-bond donors (Lipinski definition) is 0. The monoisotopic (exact) mass is 354 g/mol. The van der Waals surface area contributed by atoms with Crippen LogP contribution in [0.5, 0.6) is 5.75 Å². The van der Waals surface area contributed by atoms with Crippen LogP contribution < -0.4 is 4.74 Å². The first-order valence-corrected chi connectivity index (χ1v) is 9.12. The van der Waals surface area contributed by atoms with Gasteiger partial charge in [-0.3, -0.25) is 4.79 Å². The van der Waals surface area contributed by atoms with Crippen molar-refractivity contribution in [2.45, 2.75) is 40.2 Å². The molecule has 0 fully saturated rings. The molecule has 1 aromatic carbocycles. The zero-order chi connectivity index (χ0) is 18.9. The summed E-state index contributed by atoms with van der Waals surface area (Å²) in [5.41, 5.74) is 0.470. The van der Waals surface area contributed by atoms with Gasteiger partial charge >= 0.3 is 0 Å². The van der Waals surface area contributed by atoms with E-state index in [0.29, 0.717) is 35.3 Å². The molecule has 5 heteroatoms. The first kappa shape index (κ1) is 19.6.